The molecule has 3 nitrogen and oxygen atoms in total. The van der Waals surface area contributed by atoms with E-state index in [0.717, 1.165) is 0 Å². The molecule has 9 heavy (non-hydrogen) atoms. The molecular formula is CHCl4O3P. The molecule has 0 aromatic carbocycles. The molecule has 0 aliphatic rings. The number of halogens is 4. The van der Waals surface area contributed by atoms with Gasteiger partial charge < -0.3 is 4.89 Å². The summed E-state index contributed by atoms with van der Waals surface area (Å²) in [4.78, 5) is 8.20. The molecule has 1 atom stereocenters. The third-order valence-corrected chi connectivity index (χ3v) is 1.48. The summed E-state index contributed by atoms with van der Waals surface area (Å²) in [7, 11) is 0. The number of hydrogen-bond acceptors (Lipinski definition) is 2. The minimum atomic E-state index is -4.21. The van der Waals surface area contributed by atoms with Gasteiger partial charge in [-0.25, -0.2) is 9.09 Å². The normalized spacial score (nSPS) is 19.2. The molecule has 0 aliphatic heterocycles. The van der Waals surface area contributed by atoms with E-state index in [-0.39, 0.29) is 0 Å². The minimum absolute atomic E-state index is 2.24. The monoisotopic (exact) mass is 232 g/mol. The van der Waals surface area contributed by atoms with Crippen molar-refractivity contribution in [2.45, 2.75) is 3.98 Å². The molecule has 0 aliphatic carbocycles. The summed E-state index contributed by atoms with van der Waals surface area (Å²) in [5, 5.41) is 0. The van der Waals surface area contributed by atoms with Gasteiger partial charge in [0.15, 0.2) is 0 Å². The first kappa shape index (κ1) is 10.3. The van der Waals surface area contributed by atoms with Crippen LogP contribution in [0.15, 0.2) is 0 Å². The lowest BCUT2D eigenvalue weighted by Crippen LogP contribution is -2.03. The van der Waals surface area contributed by atoms with Crippen molar-refractivity contribution in [3.8, 4) is 0 Å². The van der Waals surface area contributed by atoms with Gasteiger partial charge in [0, 0.05) is 11.2 Å². The maximum Gasteiger partial charge on any atom is 0.425 e. The van der Waals surface area contributed by atoms with Crippen molar-refractivity contribution in [3.63, 3.8) is 0 Å². The van der Waals surface area contributed by atoms with E-state index < -0.39 is 10.9 Å². The molecule has 0 bridgehead atoms. The maximum atomic E-state index is 10.1. The van der Waals surface area contributed by atoms with E-state index in [9.17, 15) is 4.57 Å². The summed E-state index contributed by atoms with van der Waals surface area (Å²) >= 11 is 19.4. The van der Waals surface area contributed by atoms with Gasteiger partial charge in [0.25, 0.3) is 0 Å². The first-order valence-corrected chi connectivity index (χ1v) is 5.12. The van der Waals surface area contributed by atoms with Crippen LogP contribution in [-0.4, -0.2) is 8.87 Å². The third kappa shape index (κ3) is 9.31. The van der Waals surface area contributed by atoms with Gasteiger partial charge in [0.05, 0.1) is 0 Å². The van der Waals surface area contributed by atoms with Gasteiger partial charge >= 0.3 is 10.9 Å². The van der Waals surface area contributed by atoms with E-state index in [2.05, 4.69) is 15.8 Å². The molecule has 0 heterocycles. The Morgan fingerprint density at radius 3 is 1.78 bits per heavy atom. The van der Waals surface area contributed by atoms with Gasteiger partial charge in [-0.3, -0.25) is 0 Å². The smallest absolute Gasteiger partial charge is 0.313 e. The third-order valence-electron chi connectivity index (χ3n) is 0.216. The van der Waals surface area contributed by atoms with Crippen molar-refractivity contribution in [2.75, 3.05) is 0 Å². The predicted molar refractivity (Wildman–Crippen MR) is 37.1 cm³/mol. The predicted octanol–water partition coefficient (Wildman–Crippen LogP) is 2.67. The van der Waals surface area contributed by atoms with Gasteiger partial charge in [-0.2, -0.15) is 0 Å². The second kappa shape index (κ2) is 3.14. The molecule has 0 amide bonds. The van der Waals surface area contributed by atoms with Crippen molar-refractivity contribution in [3.05, 3.63) is 0 Å². The largest absolute Gasteiger partial charge is 0.425 e. The van der Waals surface area contributed by atoms with Crippen LogP contribution in [0.25, 0.3) is 0 Å². The van der Waals surface area contributed by atoms with Crippen molar-refractivity contribution in [1.29, 1.82) is 0 Å². The summed E-state index contributed by atoms with van der Waals surface area (Å²) in [6.07, 6.45) is 0. The zero-order chi connectivity index (χ0) is 7.71. The molecule has 0 fully saturated rings. The molecular weight excluding hydrogens is 233 g/mol. The van der Waals surface area contributed by atoms with Crippen molar-refractivity contribution in [2.24, 2.45) is 0 Å². The van der Waals surface area contributed by atoms with Crippen LogP contribution in [0.2, 0.25) is 0 Å². The van der Waals surface area contributed by atoms with E-state index in [1.54, 1.807) is 0 Å². The number of hydrogen-bond donors (Lipinski definition) is 1. The minimum Gasteiger partial charge on any atom is -0.313 e. The fraction of sp³-hybridized carbons (Fsp3) is 1.00. The quantitative estimate of drug-likeness (QED) is 0.560. The average molecular weight is 234 g/mol. The molecule has 56 valence electrons. The Hall–Kier alpha value is 1.31. The summed E-state index contributed by atoms with van der Waals surface area (Å²) in [6.45, 7) is -4.21. The fourth-order valence-electron chi connectivity index (χ4n) is 0.128. The Labute approximate surface area is 71.1 Å². The highest BCUT2D eigenvalue weighted by Gasteiger charge is 2.31. The van der Waals surface area contributed by atoms with E-state index in [1.165, 1.54) is 0 Å². The van der Waals surface area contributed by atoms with Gasteiger partial charge in [0.1, 0.15) is 0 Å². The summed E-state index contributed by atoms with van der Waals surface area (Å²) in [6, 6.07) is 0. The Bertz CT molecular complexity index is 133. The summed E-state index contributed by atoms with van der Waals surface area (Å²) in [5.41, 5.74) is 0. The van der Waals surface area contributed by atoms with Crippen LogP contribution in [0.5, 0.6) is 0 Å². The second-order valence-electron chi connectivity index (χ2n) is 0.988. The van der Waals surface area contributed by atoms with Gasteiger partial charge in [0.2, 0.25) is 0 Å². The molecule has 0 aromatic heterocycles. The highest BCUT2D eigenvalue weighted by Crippen LogP contribution is 2.54. The standard InChI is InChI=1S/CHCl4O3P/c2-1(3,4)8-9(5,6)7/h(H,6,7). The van der Waals surface area contributed by atoms with Crippen LogP contribution >= 0.6 is 53.0 Å². The van der Waals surface area contributed by atoms with Crippen LogP contribution < -0.4 is 0 Å². The molecule has 0 spiro atoms. The van der Waals surface area contributed by atoms with Gasteiger partial charge in [-0.15, -0.1) is 0 Å². The Morgan fingerprint density at radius 1 is 1.44 bits per heavy atom. The van der Waals surface area contributed by atoms with Crippen molar-refractivity contribution < 1.29 is 14.0 Å². The Morgan fingerprint density at radius 2 is 1.78 bits per heavy atom. The SMILES string of the molecule is O=P(O)(Cl)OC(Cl)(Cl)Cl. The lowest BCUT2D eigenvalue weighted by Gasteiger charge is -2.10. The first-order chi connectivity index (χ1) is 3.71. The van der Waals surface area contributed by atoms with Gasteiger partial charge in [-0.1, -0.05) is 34.8 Å². The summed E-state index contributed by atoms with van der Waals surface area (Å²) in [5.74, 6) is 0. The maximum absolute atomic E-state index is 10.1. The molecule has 0 saturated carbocycles. The lowest BCUT2D eigenvalue weighted by molar-refractivity contribution is 0.275. The second-order valence-corrected chi connectivity index (χ2v) is 5.53. The zero-order valence-electron chi connectivity index (χ0n) is 3.72. The van der Waals surface area contributed by atoms with E-state index >= 15 is 0 Å². The lowest BCUT2D eigenvalue weighted by atomic mass is 11.7. The van der Waals surface area contributed by atoms with Crippen LogP contribution in [-0.2, 0) is 9.09 Å². The first-order valence-electron chi connectivity index (χ1n) is 1.51. The molecule has 1 N–H and O–H groups in total. The molecule has 0 aromatic rings. The van der Waals surface area contributed by atoms with Crippen LogP contribution in [0, 0.1) is 0 Å². The van der Waals surface area contributed by atoms with Crippen LogP contribution in [0.1, 0.15) is 0 Å². The van der Waals surface area contributed by atoms with Crippen molar-refractivity contribution in [1.82, 2.24) is 0 Å². The summed E-state index contributed by atoms with van der Waals surface area (Å²) < 4.78 is 11.6. The molecule has 0 radical (unpaired) electrons. The number of rotatable bonds is 1. The van der Waals surface area contributed by atoms with E-state index in [4.69, 9.17) is 39.7 Å². The fourth-order valence-corrected chi connectivity index (χ4v) is 1.85. The van der Waals surface area contributed by atoms with Crippen LogP contribution in [0.3, 0.4) is 0 Å². The zero-order valence-corrected chi connectivity index (χ0v) is 7.64. The van der Waals surface area contributed by atoms with E-state index in [0.29, 0.717) is 0 Å². The van der Waals surface area contributed by atoms with Crippen molar-refractivity contribution >= 4 is 53.0 Å². The van der Waals surface area contributed by atoms with Crippen LogP contribution in [0.4, 0.5) is 0 Å². The Balaban J connectivity index is 3.90. The van der Waals surface area contributed by atoms with Gasteiger partial charge in [-0.05, 0) is 0 Å². The average Bonchev–Trinajstić information content (AvgIpc) is 1.14. The number of alkyl halides is 3. The highest BCUT2D eigenvalue weighted by molar-refractivity contribution is 7.80. The molecule has 0 rings (SSSR count). The topological polar surface area (TPSA) is 46.5 Å². The van der Waals surface area contributed by atoms with E-state index in [1.807, 2.05) is 0 Å². The highest BCUT2D eigenvalue weighted by atomic mass is 35.7. The molecule has 0 saturated heterocycles. The molecule has 8 heteroatoms. The molecule has 1 unspecified atom stereocenters. The Kier molecular flexibility index (Phi) is 3.60.